The largest absolute Gasteiger partial charge is 0.493 e. The standard InChI is InChI=1S/C31H49FN2O/c1-4-6-8-9-10-12-16-27-24-33-31(34-25-27)28-18-20-30(21-19-28)35-23-22-29(32)17-13-15-26(3)14-11-7-5-2/h18-21,24-26,29H,4-17,22-23H2,1-3H3. The fourth-order valence-electron chi connectivity index (χ4n) is 4.47. The molecule has 0 saturated carbocycles. The van der Waals surface area contributed by atoms with Gasteiger partial charge in [0.15, 0.2) is 5.82 Å². The van der Waals surface area contributed by atoms with Gasteiger partial charge in [0.2, 0.25) is 0 Å². The zero-order valence-electron chi connectivity index (χ0n) is 22.6. The minimum atomic E-state index is -0.777. The van der Waals surface area contributed by atoms with Crippen molar-refractivity contribution in [1.82, 2.24) is 9.97 Å². The zero-order chi connectivity index (χ0) is 25.1. The summed E-state index contributed by atoms with van der Waals surface area (Å²) in [5.74, 6) is 2.21. The summed E-state index contributed by atoms with van der Waals surface area (Å²) >= 11 is 0. The molecule has 2 rings (SSSR count). The third-order valence-corrected chi connectivity index (χ3v) is 6.85. The molecule has 0 aliphatic carbocycles. The molecule has 0 fully saturated rings. The van der Waals surface area contributed by atoms with Crippen LogP contribution in [0.3, 0.4) is 0 Å². The highest BCUT2D eigenvalue weighted by atomic mass is 19.1. The van der Waals surface area contributed by atoms with Crippen LogP contribution in [0.1, 0.15) is 116 Å². The van der Waals surface area contributed by atoms with Crippen LogP contribution in [0, 0.1) is 5.92 Å². The van der Waals surface area contributed by atoms with Gasteiger partial charge in [-0.25, -0.2) is 14.4 Å². The normalized spacial score (nSPS) is 13.0. The Kier molecular flexibility index (Phi) is 15.3. The minimum absolute atomic E-state index is 0.413. The Hall–Kier alpha value is -1.97. The molecular formula is C31H49FN2O. The van der Waals surface area contributed by atoms with Crippen LogP contribution in [0.25, 0.3) is 11.4 Å². The van der Waals surface area contributed by atoms with Gasteiger partial charge < -0.3 is 4.74 Å². The van der Waals surface area contributed by atoms with Gasteiger partial charge >= 0.3 is 0 Å². The molecule has 0 bridgehead atoms. The number of nitrogens with zero attached hydrogens (tertiary/aromatic N) is 2. The lowest BCUT2D eigenvalue weighted by molar-refractivity contribution is 0.220. The van der Waals surface area contributed by atoms with Crippen molar-refractivity contribution < 1.29 is 9.13 Å². The van der Waals surface area contributed by atoms with E-state index in [0.717, 1.165) is 36.4 Å². The van der Waals surface area contributed by atoms with E-state index in [2.05, 4.69) is 30.7 Å². The van der Waals surface area contributed by atoms with Gasteiger partial charge in [-0.1, -0.05) is 91.4 Å². The molecule has 0 radical (unpaired) electrons. The summed E-state index contributed by atoms with van der Waals surface area (Å²) in [5, 5.41) is 0. The number of hydrogen-bond donors (Lipinski definition) is 0. The first-order valence-corrected chi connectivity index (χ1v) is 14.3. The van der Waals surface area contributed by atoms with Crippen molar-refractivity contribution in [1.29, 1.82) is 0 Å². The molecule has 0 spiro atoms. The Balaban J connectivity index is 1.63. The fraction of sp³-hybridized carbons (Fsp3) is 0.677. The lowest BCUT2D eigenvalue weighted by atomic mass is 9.96. The summed E-state index contributed by atoms with van der Waals surface area (Å²) in [5.41, 5.74) is 2.18. The van der Waals surface area contributed by atoms with Crippen molar-refractivity contribution in [3.8, 4) is 17.1 Å². The van der Waals surface area contributed by atoms with E-state index in [9.17, 15) is 4.39 Å². The molecule has 0 aliphatic rings. The molecule has 196 valence electrons. The molecule has 1 heterocycles. The minimum Gasteiger partial charge on any atom is -0.493 e. The third kappa shape index (κ3) is 13.1. The van der Waals surface area contributed by atoms with Crippen LogP contribution in [-0.2, 0) is 6.42 Å². The molecule has 0 N–H and O–H groups in total. The van der Waals surface area contributed by atoms with E-state index in [-0.39, 0.29) is 0 Å². The fourth-order valence-corrected chi connectivity index (χ4v) is 4.47. The molecule has 0 aliphatic heterocycles. The van der Waals surface area contributed by atoms with Crippen molar-refractivity contribution in [3.05, 3.63) is 42.2 Å². The topological polar surface area (TPSA) is 35.0 Å². The predicted molar refractivity (Wildman–Crippen MR) is 147 cm³/mol. The second kappa shape index (κ2) is 18.3. The Morgan fingerprint density at radius 2 is 1.37 bits per heavy atom. The third-order valence-electron chi connectivity index (χ3n) is 6.85. The van der Waals surface area contributed by atoms with E-state index in [0.29, 0.717) is 25.4 Å². The predicted octanol–water partition coefficient (Wildman–Crippen LogP) is 9.54. The number of alkyl halides is 1. The molecule has 2 atom stereocenters. The molecule has 0 saturated heterocycles. The van der Waals surface area contributed by atoms with Crippen LogP contribution in [0.4, 0.5) is 4.39 Å². The first kappa shape index (κ1) is 29.3. The molecule has 2 unspecified atom stereocenters. The number of rotatable bonds is 20. The maximum absolute atomic E-state index is 14.2. The maximum Gasteiger partial charge on any atom is 0.159 e. The van der Waals surface area contributed by atoms with Crippen LogP contribution in [-0.4, -0.2) is 22.7 Å². The van der Waals surface area contributed by atoms with Crippen molar-refractivity contribution in [2.45, 2.75) is 123 Å². The average Bonchev–Trinajstić information content (AvgIpc) is 2.87. The number of aryl methyl sites for hydroxylation is 1. The summed E-state index contributed by atoms with van der Waals surface area (Å²) in [6.07, 6.45) is 20.3. The van der Waals surface area contributed by atoms with Crippen molar-refractivity contribution >= 4 is 0 Å². The van der Waals surface area contributed by atoms with Gasteiger partial charge in [-0.3, -0.25) is 0 Å². The van der Waals surface area contributed by atoms with Crippen molar-refractivity contribution in [2.75, 3.05) is 6.61 Å². The van der Waals surface area contributed by atoms with Crippen LogP contribution in [0.2, 0.25) is 0 Å². The van der Waals surface area contributed by atoms with E-state index < -0.39 is 6.17 Å². The van der Waals surface area contributed by atoms with E-state index in [1.54, 1.807) is 0 Å². The second-order valence-electron chi connectivity index (χ2n) is 10.2. The highest BCUT2D eigenvalue weighted by Gasteiger charge is 2.09. The van der Waals surface area contributed by atoms with Crippen LogP contribution in [0.5, 0.6) is 5.75 Å². The van der Waals surface area contributed by atoms with Gasteiger partial charge in [0.1, 0.15) is 11.9 Å². The number of hydrogen-bond acceptors (Lipinski definition) is 3. The van der Waals surface area contributed by atoms with Crippen LogP contribution in [0.15, 0.2) is 36.7 Å². The molecule has 35 heavy (non-hydrogen) atoms. The van der Waals surface area contributed by atoms with Gasteiger partial charge in [0.25, 0.3) is 0 Å². The monoisotopic (exact) mass is 484 g/mol. The van der Waals surface area contributed by atoms with Crippen LogP contribution >= 0.6 is 0 Å². The van der Waals surface area contributed by atoms with Crippen LogP contribution < -0.4 is 4.74 Å². The molecule has 2 aromatic rings. The zero-order valence-corrected chi connectivity index (χ0v) is 22.6. The van der Waals surface area contributed by atoms with E-state index in [4.69, 9.17) is 4.74 Å². The molecule has 4 heteroatoms. The number of halogens is 1. The van der Waals surface area contributed by atoms with Gasteiger partial charge in [-0.15, -0.1) is 0 Å². The van der Waals surface area contributed by atoms with Gasteiger partial charge in [-0.2, -0.15) is 0 Å². The number of ether oxygens (including phenoxy) is 1. The molecule has 0 amide bonds. The van der Waals surface area contributed by atoms with Crippen molar-refractivity contribution in [2.24, 2.45) is 5.92 Å². The van der Waals surface area contributed by atoms with Gasteiger partial charge in [0.05, 0.1) is 6.61 Å². The first-order chi connectivity index (χ1) is 17.1. The molecule has 3 nitrogen and oxygen atoms in total. The summed E-state index contributed by atoms with van der Waals surface area (Å²) in [4.78, 5) is 9.10. The maximum atomic E-state index is 14.2. The smallest absolute Gasteiger partial charge is 0.159 e. The molecule has 1 aromatic heterocycles. The van der Waals surface area contributed by atoms with E-state index in [1.807, 2.05) is 36.7 Å². The number of benzene rings is 1. The lowest BCUT2D eigenvalue weighted by Gasteiger charge is -2.13. The summed E-state index contributed by atoms with van der Waals surface area (Å²) in [7, 11) is 0. The Morgan fingerprint density at radius 1 is 0.743 bits per heavy atom. The Bertz CT molecular complexity index is 763. The molecule has 1 aromatic carbocycles. The first-order valence-electron chi connectivity index (χ1n) is 14.3. The summed E-state index contributed by atoms with van der Waals surface area (Å²) in [6, 6.07) is 7.80. The highest BCUT2D eigenvalue weighted by molar-refractivity contribution is 5.55. The Morgan fingerprint density at radius 3 is 2.09 bits per heavy atom. The van der Waals surface area contributed by atoms with E-state index >= 15 is 0 Å². The highest BCUT2D eigenvalue weighted by Crippen LogP contribution is 2.21. The van der Waals surface area contributed by atoms with Crippen molar-refractivity contribution in [3.63, 3.8) is 0 Å². The van der Waals surface area contributed by atoms with Gasteiger partial charge in [-0.05, 0) is 55.0 Å². The summed E-state index contributed by atoms with van der Waals surface area (Å²) in [6.45, 7) is 7.20. The SMILES string of the molecule is CCCCCCCCc1cnc(-c2ccc(OCCC(F)CCCC(C)CCCCC)cc2)nc1. The summed E-state index contributed by atoms with van der Waals surface area (Å²) < 4.78 is 20.0. The number of aromatic nitrogens is 2. The average molecular weight is 485 g/mol. The van der Waals surface area contributed by atoms with Gasteiger partial charge in [0, 0.05) is 24.4 Å². The quantitative estimate of drug-likeness (QED) is 0.175. The molecular weight excluding hydrogens is 435 g/mol. The Labute approximate surface area is 214 Å². The second-order valence-corrected chi connectivity index (χ2v) is 10.2. The lowest BCUT2D eigenvalue weighted by Crippen LogP contribution is -2.08. The number of unbranched alkanes of at least 4 members (excludes halogenated alkanes) is 7. The van der Waals surface area contributed by atoms with E-state index in [1.165, 1.54) is 69.8 Å².